The molecule has 0 atom stereocenters. The zero-order valence-corrected chi connectivity index (χ0v) is 9.80. The lowest BCUT2D eigenvalue weighted by Gasteiger charge is -2.25. The fraction of sp³-hybridized carbons (Fsp3) is 0.800. The van der Waals surface area contributed by atoms with Crippen molar-refractivity contribution in [2.24, 2.45) is 0 Å². The van der Waals surface area contributed by atoms with Gasteiger partial charge in [0, 0.05) is 25.9 Å². The smallest absolute Gasteiger partial charge is 0.219 e. The summed E-state index contributed by atoms with van der Waals surface area (Å²) in [5.41, 5.74) is 0. The molecule has 4 heteroatoms. The number of nitrogens with zero attached hydrogens (tertiary/aromatic N) is 1. The predicted molar refractivity (Wildman–Crippen MR) is 57.5 cm³/mol. The van der Waals surface area contributed by atoms with Crippen LogP contribution >= 0.6 is 11.6 Å². The topological polar surface area (TPSA) is 37.4 Å². The van der Waals surface area contributed by atoms with Crippen molar-refractivity contribution >= 4 is 23.3 Å². The average molecular weight is 220 g/mol. The van der Waals surface area contributed by atoms with Crippen LogP contribution in [0.1, 0.15) is 33.6 Å². The molecule has 0 bridgehead atoms. The van der Waals surface area contributed by atoms with Crippen LogP contribution in [0.2, 0.25) is 0 Å². The maximum absolute atomic E-state index is 11.1. The van der Waals surface area contributed by atoms with Gasteiger partial charge in [-0.1, -0.05) is 0 Å². The van der Waals surface area contributed by atoms with E-state index in [-0.39, 0.29) is 23.6 Å². The summed E-state index contributed by atoms with van der Waals surface area (Å²) < 4.78 is 0. The van der Waals surface area contributed by atoms with Crippen LogP contribution in [0.4, 0.5) is 0 Å². The first-order valence-corrected chi connectivity index (χ1v) is 5.37. The largest absolute Gasteiger partial charge is 0.341 e. The second-order valence-corrected chi connectivity index (χ2v) is 3.85. The Kier molecular flexibility index (Phi) is 6.54. The van der Waals surface area contributed by atoms with E-state index in [9.17, 15) is 9.59 Å². The third kappa shape index (κ3) is 5.22. The lowest BCUT2D eigenvalue weighted by atomic mass is 10.2. The number of rotatable bonds is 6. The van der Waals surface area contributed by atoms with Crippen LogP contribution in [0.15, 0.2) is 0 Å². The molecule has 0 saturated carbocycles. The third-order valence-electron chi connectivity index (χ3n) is 2.03. The molecule has 0 saturated heterocycles. The van der Waals surface area contributed by atoms with Crippen LogP contribution in [0.25, 0.3) is 0 Å². The van der Waals surface area contributed by atoms with Crippen molar-refractivity contribution in [3.63, 3.8) is 0 Å². The fourth-order valence-electron chi connectivity index (χ4n) is 1.29. The minimum absolute atomic E-state index is 0.0407. The van der Waals surface area contributed by atoms with Crippen molar-refractivity contribution in [1.29, 1.82) is 0 Å². The Morgan fingerprint density at radius 3 is 2.29 bits per heavy atom. The normalized spacial score (nSPS) is 10.4. The molecule has 0 rings (SSSR count). The van der Waals surface area contributed by atoms with Crippen LogP contribution in [-0.4, -0.2) is 35.1 Å². The van der Waals surface area contributed by atoms with E-state index in [0.717, 1.165) is 0 Å². The van der Waals surface area contributed by atoms with E-state index in [1.807, 2.05) is 13.8 Å². The van der Waals surface area contributed by atoms with Crippen LogP contribution < -0.4 is 0 Å². The molecule has 3 nitrogen and oxygen atoms in total. The first kappa shape index (κ1) is 13.4. The van der Waals surface area contributed by atoms with Gasteiger partial charge in [0.05, 0.1) is 5.88 Å². The van der Waals surface area contributed by atoms with E-state index in [1.54, 1.807) is 11.8 Å². The lowest BCUT2D eigenvalue weighted by Crippen LogP contribution is -2.36. The molecule has 0 heterocycles. The Labute approximate surface area is 90.4 Å². The Morgan fingerprint density at radius 1 is 1.36 bits per heavy atom. The lowest BCUT2D eigenvalue weighted by molar-refractivity contribution is -0.131. The highest BCUT2D eigenvalue weighted by molar-refractivity contribution is 6.27. The molecule has 0 aromatic rings. The standard InChI is InChI=1S/C10H18ClNO2/c1-8(2)12(9(3)13)6-4-5-10(14)7-11/h8H,4-7H2,1-3H3. The number of amides is 1. The number of hydrogen-bond donors (Lipinski definition) is 0. The molecular formula is C10H18ClNO2. The highest BCUT2D eigenvalue weighted by atomic mass is 35.5. The molecular weight excluding hydrogens is 202 g/mol. The zero-order valence-electron chi connectivity index (χ0n) is 9.05. The predicted octanol–water partition coefficient (Wildman–Crippen LogP) is 1.83. The summed E-state index contributed by atoms with van der Waals surface area (Å²) in [5.74, 6) is 0.166. The third-order valence-corrected chi connectivity index (χ3v) is 2.33. The van der Waals surface area contributed by atoms with Gasteiger partial charge in [0.2, 0.25) is 5.91 Å². The molecule has 0 radical (unpaired) electrons. The maximum Gasteiger partial charge on any atom is 0.219 e. The first-order valence-electron chi connectivity index (χ1n) is 4.84. The Morgan fingerprint density at radius 2 is 1.93 bits per heavy atom. The van der Waals surface area contributed by atoms with Gasteiger partial charge >= 0.3 is 0 Å². The molecule has 0 N–H and O–H groups in total. The van der Waals surface area contributed by atoms with E-state index in [4.69, 9.17) is 11.6 Å². The highest BCUT2D eigenvalue weighted by Crippen LogP contribution is 2.03. The molecule has 82 valence electrons. The molecule has 0 fully saturated rings. The average Bonchev–Trinajstić information content (AvgIpc) is 2.10. The summed E-state index contributed by atoms with van der Waals surface area (Å²) >= 11 is 5.36. The summed E-state index contributed by atoms with van der Waals surface area (Å²) in [6.45, 7) is 6.11. The van der Waals surface area contributed by atoms with Crippen molar-refractivity contribution in [3.05, 3.63) is 0 Å². The molecule has 0 unspecified atom stereocenters. The van der Waals surface area contributed by atoms with E-state index in [2.05, 4.69) is 0 Å². The fourth-order valence-corrected chi connectivity index (χ4v) is 1.43. The van der Waals surface area contributed by atoms with E-state index < -0.39 is 0 Å². The van der Waals surface area contributed by atoms with Gasteiger partial charge in [-0.2, -0.15) is 0 Å². The monoisotopic (exact) mass is 219 g/mol. The van der Waals surface area contributed by atoms with Crippen LogP contribution in [0.3, 0.4) is 0 Å². The van der Waals surface area contributed by atoms with Crippen molar-refractivity contribution < 1.29 is 9.59 Å². The Bertz CT molecular complexity index is 204. The first-order chi connectivity index (χ1) is 6.49. The van der Waals surface area contributed by atoms with E-state index in [0.29, 0.717) is 19.4 Å². The molecule has 0 aromatic heterocycles. The SMILES string of the molecule is CC(=O)N(CCCC(=O)CCl)C(C)C. The zero-order chi connectivity index (χ0) is 11.1. The molecule has 0 spiro atoms. The summed E-state index contributed by atoms with van der Waals surface area (Å²) in [7, 11) is 0. The van der Waals surface area contributed by atoms with Gasteiger partial charge in [-0.3, -0.25) is 9.59 Å². The van der Waals surface area contributed by atoms with E-state index >= 15 is 0 Å². The van der Waals surface area contributed by atoms with Crippen LogP contribution in [-0.2, 0) is 9.59 Å². The quantitative estimate of drug-likeness (QED) is 0.640. The number of Topliss-reactive ketones (excluding diaryl/α,β-unsaturated/α-hetero) is 1. The number of ketones is 1. The Balaban J connectivity index is 3.84. The second-order valence-electron chi connectivity index (χ2n) is 3.58. The number of carbonyl (C=O) groups is 2. The van der Waals surface area contributed by atoms with Crippen molar-refractivity contribution in [2.45, 2.75) is 39.7 Å². The van der Waals surface area contributed by atoms with Crippen molar-refractivity contribution in [1.82, 2.24) is 4.90 Å². The molecule has 0 aliphatic rings. The molecule has 0 aromatic carbocycles. The maximum atomic E-state index is 11.1. The summed E-state index contributed by atoms with van der Waals surface area (Å²) in [6.07, 6.45) is 1.16. The van der Waals surface area contributed by atoms with Crippen molar-refractivity contribution in [2.75, 3.05) is 12.4 Å². The van der Waals surface area contributed by atoms with Gasteiger partial charge < -0.3 is 4.90 Å². The molecule has 0 aliphatic heterocycles. The number of halogens is 1. The van der Waals surface area contributed by atoms with Crippen LogP contribution in [0.5, 0.6) is 0 Å². The summed E-state index contributed by atoms with van der Waals surface area (Å²) in [6, 6.07) is 0.193. The van der Waals surface area contributed by atoms with Gasteiger partial charge in [0.1, 0.15) is 5.78 Å². The molecule has 14 heavy (non-hydrogen) atoms. The minimum atomic E-state index is 0.0407. The Hall–Kier alpha value is -0.570. The van der Waals surface area contributed by atoms with Crippen molar-refractivity contribution in [3.8, 4) is 0 Å². The number of hydrogen-bond acceptors (Lipinski definition) is 2. The molecule has 1 amide bonds. The molecule has 0 aliphatic carbocycles. The number of carbonyl (C=O) groups excluding carboxylic acids is 2. The van der Waals surface area contributed by atoms with Gasteiger partial charge in [0.15, 0.2) is 0 Å². The summed E-state index contributed by atoms with van der Waals surface area (Å²) in [5, 5.41) is 0. The summed E-state index contributed by atoms with van der Waals surface area (Å²) in [4.78, 5) is 23.8. The van der Waals surface area contributed by atoms with Gasteiger partial charge in [-0.05, 0) is 20.3 Å². The van der Waals surface area contributed by atoms with Gasteiger partial charge in [-0.15, -0.1) is 11.6 Å². The second kappa shape index (κ2) is 6.82. The number of alkyl halides is 1. The van der Waals surface area contributed by atoms with Gasteiger partial charge in [-0.25, -0.2) is 0 Å². The van der Waals surface area contributed by atoms with E-state index in [1.165, 1.54) is 0 Å². The minimum Gasteiger partial charge on any atom is -0.341 e. The van der Waals surface area contributed by atoms with Crippen LogP contribution in [0, 0.1) is 0 Å². The highest BCUT2D eigenvalue weighted by Gasteiger charge is 2.12. The van der Waals surface area contributed by atoms with Gasteiger partial charge in [0.25, 0.3) is 0 Å².